The van der Waals surface area contributed by atoms with Crippen molar-refractivity contribution >= 4 is 27.5 Å². The average Bonchev–Trinajstić information content (AvgIpc) is 2.43. The summed E-state index contributed by atoms with van der Waals surface area (Å²) in [6.45, 7) is 7.08. The Balaban J connectivity index is 1.96. The van der Waals surface area contributed by atoms with Crippen LogP contribution < -0.4 is 5.32 Å². The smallest absolute Gasteiger partial charge is 0.0465 e. The van der Waals surface area contributed by atoms with Crippen LogP contribution in [0.25, 0.3) is 0 Å². The topological polar surface area (TPSA) is 15.3 Å². The van der Waals surface area contributed by atoms with Crippen molar-refractivity contribution in [3.05, 3.63) is 33.3 Å². The van der Waals surface area contributed by atoms with Gasteiger partial charge in [-0.15, -0.1) is 0 Å². The lowest BCUT2D eigenvalue weighted by Gasteiger charge is -2.37. The lowest BCUT2D eigenvalue weighted by atomic mass is 9.93. The number of piperidine rings is 1. The van der Waals surface area contributed by atoms with Crippen LogP contribution in [0.15, 0.2) is 22.7 Å². The van der Waals surface area contributed by atoms with E-state index in [1.54, 1.807) is 0 Å². The molecular weight excluding hydrogens is 348 g/mol. The highest BCUT2D eigenvalue weighted by atomic mass is 79.9. The van der Waals surface area contributed by atoms with Gasteiger partial charge in [0.05, 0.1) is 0 Å². The molecule has 2 rings (SSSR count). The lowest BCUT2D eigenvalue weighted by Crippen LogP contribution is -2.41. The van der Waals surface area contributed by atoms with E-state index in [-0.39, 0.29) is 0 Å². The van der Waals surface area contributed by atoms with Crippen LogP contribution in [0.1, 0.15) is 44.7 Å². The second kappa shape index (κ2) is 7.96. The summed E-state index contributed by atoms with van der Waals surface area (Å²) in [6.07, 6.45) is 3.74. The number of halogens is 2. The van der Waals surface area contributed by atoms with Gasteiger partial charge in [-0.1, -0.05) is 40.5 Å². The van der Waals surface area contributed by atoms with Gasteiger partial charge in [0.15, 0.2) is 0 Å². The molecule has 1 aromatic rings. The zero-order chi connectivity index (χ0) is 15.4. The van der Waals surface area contributed by atoms with Gasteiger partial charge in [0.25, 0.3) is 0 Å². The molecule has 1 fully saturated rings. The predicted octanol–water partition coefficient (Wildman–Crippen LogP) is 4.87. The van der Waals surface area contributed by atoms with Crippen LogP contribution >= 0.6 is 27.5 Å². The summed E-state index contributed by atoms with van der Waals surface area (Å²) in [5, 5.41) is 4.25. The van der Waals surface area contributed by atoms with Crippen LogP contribution in [0.3, 0.4) is 0 Å². The van der Waals surface area contributed by atoms with Crippen molar-refractivity contribution in [1.29, 1.82) is 0 Å². The van der Waals surface area contributed by atoms with Gasteiger partial charge in [-0.25, -0.2) is 0 Å². The second-order valence-electron chi connectivity index (χ2n) is 6.31. The number of hydrogen-bond donors (Lipinski definition) is 1. The number of nitrogens with one attached hydrogen (secondary N) is 1. The normalized spacial score (nSPS) is 25.0. The van der Waals surface area contributed by atoms with Crippen molar-refractivity contribution in [3.8, 4) is 0 Å². The monoisotopic (exact) mass is 372 g/mol. The van der Waals surface area contributed by atoms with Gasteiger partial charge < -0.3 is 10.2 Å². The summed E-state index contributed by atoms with van der Waals surface area (Å²) in [5.74, 6) is 0.872. The van der Waals surface area contributed by atoms with Gasteiger partial charge in [-0.2, -0.15) is 0 Å². The molecule has 1 heterocycles. The molecule has 21 heavy (non-hydrogen) atoms. The van der Waals surface area contributed by atoms with Crippen molar-refractivity contribution in [3.63, 3.8) is 0 Å². The Morgan fingerprint density at radius 1 is 1.43 bits per heavy atom. The van der Waals surface area contributed by atoms with Crippen molar-refractivity contribution < 1.29 is 0 Å². The van der Waals surface area contributed by atoms with Crippen molar-refractivity contribution in [2.24, 2.45) is 5.92 Å². The number of likely N-dealkylation sites (tertiary alicyclic amines) is 1. The largest absolute Gasteiger partial charge is 0.313 e. The van der Waals surface area contributed by atoms with E-state index in [1.807, 2.05) is 13.1 Å². The zero-order valence-corrected chi connectivity index (χ0v) is 15.5. The molecule has 1 aliphatic heterocycles. The fourth-order valence-corrected chi connectivity index (χ4v) is 4.13. The summed E-state index contributed by atoms with van der Waals surface area (Å²) >= 11 is 9.86. The highest BCUT2D eigenvalue weighted by Crippen LogP contribution is 2.29. The maximum atomic E-state index is 6.39. The lowest BCUT2D eigenvalue weighted by molar-refractivity contribution is 0.124. The van der Waals surface area contributed by atoms with E-state index in [2.05, 4.69) is 52.1 Å². The summed E-state index contributed by atoms with van der Waals surface area (Å²) in [6, 6.07) is 7.18. The van der Waals surface area contributed by atoms with E-state index in [0.29, 0.717) is 12.1 Å². The number of nitrogens with zero attached hydrogens (tertiary/aromatic N) is 1. The molecule has 4 heteroatoms. The van der Waals surface area contributed by atoms with Gasteiger partial charge in [0, 0.05) is 28.1 Å². The van der Waals surface area contributed by atoms with E-state index < -0.39 is 0 Å². The second-order valence-corrected chi connectivity index (χ2v) is 7.63. The molecule has 2 nitrogen and oxygen atoms in total. The predicted molar refractivity (Wildman–Crippen MR) is 95.0 cm³/mol. The summed E-state index contributed by atoms with van der Waals surface area (Å²) in [7, 11) is 2.02. The Bertz CT molecular complexity index is 466. The first kappa shape index (κ1) is 17.3. The first-order valence-electron chi connectivity index (χ1n) is 7.87. The molecule has 1 aliphatic rings. The Morgan fingerprint density at radius 2 is 2.19 bits per heavy atom. The van der Waals surface area contributed by atoms with Crippen LogP contribution in [-0.4, -0.2) is 31.1 Å². The summed E-state index contributed by atoms with van der Waals surface area (Å²) < 4.78 is 1.03. The molecular formula is C17H26BrClN2. The molecule has 0 saturated carbocycles. The van der Waals surface area contributed by atoms with E-state index in [4.69, 9.17) is 11.6 Å². The van der Waals surface area contributed by atoms with Crippen LogP contribution in [0.5, 0.6) is 0 Å². The minimum absolute atomic E-state index is 0.317. The Hall–Kier alpha value is -0.0900. The van der Waals surface area contributed by atoms with Crippen LogP contribution in [0.2, 0.25) is 5.02 Å². The van der Waals surface area contributed by atoms with Gasteiger partial charge in [-0.05, 0) is 63.4 Å². The number of benzene rings is 1. The Morgan fingerprint density at radius 3 is 2.81 bits per heavy atom. The molecule has 0 amide bonds. The molecule has 0 radical (unpaired) electrons. The van der Waals surface area contributed by atoms with Gasteiger partial charge >= 0.3 is 0 Å². The van der Waals surface area contributed by atoms with Gasteiger partial charge in [0.2, 0.25) is 0 Å². The third-order valence-electron chi connectivity index (χ3n) is 4.67. The van der Waals surface area contributed by atoms with Gasteiger partial charge in [-0.3, -0.25) is 0 Å². The summed E-state index contributed by atoms with van der Waals surface area (Å²) in [5.41, 5.74) is 1.19. The van der Waals surface area contributed by atoms with Crippen molar-refractivity contribution in [2.45, 2.75) is 45.2 Å². The van der Waals surface area contributed by atoms with E-state index in [9.17, 15) is 0 Å². The third-order valence-corrected chi connectivity index (χ3v) is 5.49. The molecule has 3 unspecified atom stereocenters. The molecule has 1 saturated heterocycles. The number of rotatable bonds is 5. The molecule has 0 aromatic heterocycles. The Labute approximate surface area is 142 Å². The summed E-state index contributed by atoms with van der Waals surface area (Å²) in [4.78, 5) is 2.62. The van der Waals surface area contributed by atoms with E-state index in [0.717, 1.165) is 28.4 Å². The SMILES string of the molecule is CNC(CCN1CCC(C)CC1C)c1ccc(Br)cc1Cl. The number of hydrogen-bond acceptors (Lipinski definition) is 2. The highest BCUT2D eigenvalue weighted by molar-refractivity contribution is 9.10. The van der Waals surface area contributed by atoms with Crippen molar-refractivity contribution in [2.75, 3.05) is 20.1 Å². The first-order valence-corrected chi connectivity index (χ1v) is 9.04. The van der Waals surface area contributed by atoms with Crippen LogP contribution in [-0.2, 0) is 0 Å². The molecule has 3 atom stereocenters. The Kier molecular flexibility index (Phi) is 6.54. The van der Waals surface area contributed by atoms with E-state index >= 15 is 0 Å². The van der Waals surface area contributed by atoms with Crippen LogP contribution in [0.4, 0.5) is 0 Å². The highest BCUT2D eigenvalue weighted by Gasteiger charge is 2.23. The quantitative estimate of drug-likeness (QED) is 0.792. The van der Waals surface area contributed by atoms with Crippen molar-refractivity contribution in [1.82, 2.24) is 10.2 Å². The molecule has 0 bridgehead atoms. The fourth-order valence-electron chi connectivity index (χ4n) is 3.32. The maximum absolute atomic E-state index is 6.39. The first-order chi connectivity index (χ1) is 10.0. The molecule has 118 valence electrons. The minimum Gasteiger partial charge on any atom is -0.313 e. The zero-order valence-electron chi connectivity index (χ0n) is 13.2. The third kappa shape index (κ3) is 4.69. The molecule has 1 aromatic carbocycles. The molecule has 0 spiro atoms. The maximum Gasteiger partial charge on any atom is 0.0465 e. The van der Waals surface area contributed by atoms with Gasteiger partial charge in [0.1, 0.15) is 0 Å². The minimum atomic E-state index is 0.317. The fraction of sp³-hybridized carbons (Fsp3) is 0.647. The average molecular weight is 374 g/mol. The van der Waals surface area contributed by atoms with E-state index in [1.165, 1.54) is 24.9 Å². The van der Waals surface area contributed by atoms with Crippen LogP contribution in [0, 0.1) is 5.92 Å². The standard InChI is InChI=1S/C17H26BrClN2/c1-12-6-8-21(13(2)10-12)9-7-17(20-3)15-5-4-14(18)11-16(15)19/h4-5,11-13,17,20H,6-10H2,1-3H3. The molecule has 0 aliphatic carbocycles. The molecule has 1 N–H and O–H groups in total.